The van der Waals surface area contributed by atoms with Gasteiger partial charge in [-0.3, -0.25) is 4.79 Å². The molecule has 0 radical (unpaired) electrons. The van der Waals surface area contributed by atoms with Gasteiger partial charge in [0, 0.05) is 34.4 Å². The van der Waals surface area contributed by atoms with Gasteiger partial charge in [-0.15, -0.1) is 11.3 Å². The number of methoxy groups -OCH3 is 1. The van der Waals surface area contributed by atoms with Gasteiger partial charge < -0.3 is 14.5 Å². The van der Waals surface area contributed by atoms with Crippen molar-refractivity contribution in [3.05, 3.63) is 92.4 Å². The molecule has 0 saturated heterocycles. The number of aromatic amines is 1. The lowest BCUT2D eigenvalue weighted by Crippen LogP contribution is -2.32. The molecule has 2 aromatic carbocycles. The Bertz CT molecular complexity index is 1510. The van der Waals surface area contributed by atoms with Crippen molar-refractivity contribution in [1.82, 2.24) is 9.29 Å². The zero-order valence-electron chi connectivity index (χ0n) is 19.2. The van der Waals surface area contributed by atoms with E-state index in [1.165, 1.54) is 47.0 Å². The number of hydrogen-bond donors (Lipinski definition) is 1. The summed E-state index contributed by atoms with van der Waals surface area (Å²) < 4.78 is 38.9. The summed E-state index contributed by atoms with van der Waals surface area (Å²) in [6, 6.07) is 16.3. The van der Waals surface area contributed by atoms with Crippen LogP contribution in [0.3, 0.4) is 0 Å². The molecule has 0 aliphatic carbocycles. The van der Waals surface area contributed by atoms with Crippen LogP contribution < -0.4 is 10.3 Å². The number of sulfonamides is 1. The van der Waals surface area contributed by atoms with Gasteiger partial charge in [0.2, 0.25) is 10.0 Å². The largest absolute Gasteiger partial charge is 0.494 e. The van der Waals surface area contributed by atoms with Gasteiger partial charge >= 0.3 is 5.97 Å². The summed E-state index contributed by atoms with van der Waals surface area (Å²) in [6.45, 7) is 2.29. The number of nitrogens with zero attached hydrogens (tertiary/aromatic N) is 1. The smallest absolute Gasteiger partial charge is 0.337 e. The molecule has 1 N–H and O–H groups in total. The first kappa shape index (κ1) is 24.6. The van der Waals surface area contributed by atoms with E-state index in [-0.39, 0.29) is 34.7 Å². The fourth-order valence-electron chi connectivity index (χ4n) is 3.65. The maximum absolute atomic E-state index is 13.7. The number of H-pyrrole nitrogens is 1. The molecule has 0 bridgehead atoms. The molecule has 2 aromatic heterocycles. The normalized spacial score (nSPS) is 11.6. The third-order valence-electron chi connectivity index (χ3n) is 5.36. The lowest BCUT2D eigenvalue weighted by molar-refractivity contribution is 0.0600. The van der Waals surface area contributed by atoms with Crippen molar-refractivity contribution in [2.24, 2.45) is 0 Å². The molecule has 0 aliphatic heterocycles. The zero-order valence-corrected chi connectivity index (χ0v) is 20.8. The highest BCUT2D eigenvalue weighted by molar-refractivity contribution is 7.89. The van der Waals surface area contributed by atoms with E-state index in [0.29, 0.717) is 17.9 Å². The van der Waals surface area contributed by atoms with E-state index >= 15 is 0 Å². The summed E-state index contributed by atoms with van der Waals surface area (Å²) in [5.74, 6) is 0.0172. The first-order chi connectivity index (χ1) is 16.8. The molecule has 0 spiro atoms. The van der Waals surface area contributed by atoms with Crippen LogP contribution in [0, 0.1) is 0 Å². The minimum atomic E-state index is -4.07. The van der Waals surface area contributed by atoms with E-state index in [4.69, 9.17) is 9.47 Å². The van der Waals surface area contributed by atoms with Crippen LogP contribution in [0.15, 0.2) is 75.7 Å². The number of esters is 1. The van der Waals surface area contributed by atoms with Crippen molar-refractivity contribution in [3.8, 4) is 5.75 Å². The van der Waals surface area contributed by atoms with Gasteiger partial charge in [0.25, 0.3) is 5.56 Å². The van der Waals surface area contributed by atoms with Gasteiger partial charge in [-0.05, 0) is 60.8 Å². The van der Waals surface area contributed by atoms with Crippen LogP contribution in [0.5, 0.6) is 5.75 Å². The molecule has 0 fully saturated rings. The van der Waals surface area contributed by atoms with Gasteiger partial charge in [-0.25, -0.2) is 13.2 Å². The minimum Gasteiger partial charge on any atom is -0.494 e. The van der Waals surface area contributed by atoms with E-state index < -0.39 is 16.0 Å². The van der Waals surface area contributed by atoms with Gasteiger partial charge in [0.1, 0.15) is 5.75 Å². The first-order valence-corrected chi connectivity index (χ1v) is 13.1. The fourth-order valence-corrected chi connectivity index (χ4v) is 5.89. The van der Waals surface area contributed by atoms with Crippen molar-refractivity contribution in [1.29, 1.82) is 0 Å². The van der Waals surface area contributed by atoms with Crippen LogP contribution >= 0.6 is 11.3 Å². The number of thiophene rings is 1. The van der Waals surface area contributed by atoms with Crippen LogP contribution in [0.1, 0.15) is 27.7 Å². The van der Waals surface area contributed by atoms with Crippen LogP contribution in [0.2, 0.25) is 0 Å². The summed E-state index contributed by atoms with van der Waals surface area (Å²) in [7, 11) is -2.84. The summed E-state index contributed by atoms with van der Waals surface area (Å²) in [5.41, 5.74) is 0.657. The Hall–Kier alpha value is -3.47. The second-order valence-electron chi connectivity index (χ2n) is 7.68. The summed E-state index contributed by atoms with van der Waals surface area (Å²) >= 11 is 1.42. The highest BCUT2D eigenvalue weighted by Gasteiger charge is 2.27. The molecular weight excluding hydrogens is 488 g/mol. The van der Waals surface area contributed by atoms with Crippen molar-refractivity contribution in [2.75, 3.05) is 13.7 Å². The van der Waals surface area contributed by atoms with Gasteiger partial charge in [0.05, 0.1) is 24.2 Å². The SMILES string of the molecule is CCOc1ccc2[nH]c(=O)c(CN(Cc3cccs3)S(=O)(=O)c3cccc(C(=O)OC)c3)cc2c1. The number of carbonyl (C=O) groups is 1. The second-order valence-corrected chi connectivity index (χ2v) is 10.6. The Morgan fingerprint density at radius 3 is 2.60 bits per heavy atom. The third-order valence-corrected chi connectivity index (χ3v) is 8.00. The molecule has 0 atom stereocenters. The number of hydrogen-bond acceptors (Lipinski definition) is 7. The fraction of sp³-hybridized carbons (Fsp3) is 0.200. The Morgan fingerprint density at radius 1 is 1.06 bits per heavy atom. The number of nitrogens with one attached hydrogen (secondary N) is 1. The monoisotopic (exact) mass is 512 g/mol. The Kier molecular flexibility index (Phi) is 7.34. The molecule has 4 aromatic rings. The van der Waals surface area contributed by atoms with Crippen molar-refractivity contribution < 1.29 is 22.7 Å². The maximum Gasteiger partial charge on any atom is 0.337 e. The molecule has 0 aliphatic rings. The number of carbonyl (C=O) groups excluding carboxylic acids is 1. The second kappa shape index (κ2) is 10.4. The van der Waals surface area contributed by atoms with Crippen LogP contribution in [-0.2, 0) is 27.8 Å². The number of aromatic nitrogens is 1. The lowest BCUT2D eigenvalue weighted by atomic mass is 10.1. The summed E-state index contributed by atoms with van der Waals surface area (Å²) in [6.07, 6.45) is 0. The van der Waals surface area contributed by atoms with Crippen molar-refractivity contribution >= 4 is 38.2 Å². The van der Waals surface area contributed by atoms with Crippen molar-refractivity contribution in [2.45, 2.75) is 24.9 Å². The predicted octanol–water partition coefficient (Wildman–Crippen LogP) is 4.17. The van der Waals surface area contributed by atoms with E-state index in [0.717, 1.165) is 10.3 Å². The maximum atomic E-state index is 13.7. The molecule has 35 heavy (non-hydrogen) atoms. The van der Waals surface area contributed by atoms with Crippen LogP contribution in [-0.4, -0.2) is 37.4 Å². The predicted molar refractivity (Wildman–Crippen MR) is 134 cm³/mol. The molecule has 4 rings (SSSR count). The number of rotatable bonds is 9. The van der Waals surface area contributed by atoms with E-state index in [1.807, 2.05) is 24.4 Å². The van der Waals surface area contributed by atoms with Crippen LogP contribution in [0.25, 0.3) is 10.9 Å². The summed E-state index contributed by atoms with van der Waals surface area (Å²) in [4.78, 5) is 28.4. The van der Waals surface area contributed by atoms with Crippen LogP contribution in [0.4, 0.5) is 0 Å². The molecule has 8 nitrogen and oxygen atoms in total. The average Bonchev–Trinajstić information content (AvgIpc) is 3.37. The third kappa shape index (κ3) is 5.45. The standard InChI is InChI=1S/C25H24N2O6S2/c1-3-33-20-9-10-23-18(13-20)12-19(24(28)26-23)15-27(16-21-7-5-11-34-21)35(30,31)22-8-4-6-17(14-22)25(29)32-2/h4-14H,3,15-16H2,1-2H3,(H,26,28). The molecular formula is C25H24N2O6S2. The zero-order chi connectivity index (χ0) is 25.0. The van der Waals surface area contributed by atoms with E-state index in [2.05, 4.69) is 4.98 Å². The van der Waals surface area contributed by atoms with Gasteiger partial charge in [-0.2, -0.15) is 4.31 Å². The molecule has 2 heterocycles. The minimum absolute atomic E-state index is 0.0622. The molecule has 182 valence electrons. The number of benzene rings is 2. The highest BCUT2D eigenvalue weighted by Crippen LogP contribution is 2.25. The quantitative estimate of drug-likeness (QED) is 0.338. The Morgan fingerprint density at radius 2 is 1.89 bits per heavy atom. The molecule has 10 heteroatoms. The average molecular weight is 513 g/mol. The van der Waals surface area contributed by atoms with Crippen molar-refractivity contribution in [3.63, 3.8) is 0 Å². The van der Waals surface area contributed by atoms with Gasteiger partial charge in [0.15, 0.2) is 0 Å². The molecule has 0 amide bonds. The molecule has 0 unspecified atom stereocenters. The topological polar surface area (TPSA) is 106 Å². The van der Waals surface area contributed by atoms with E-state index in [9.17, 15) is 18.0 Å². The highest BCUT2D eigenvalue weighted by atomic mass is 32.2. The number of pyridine rings is 1. The Balaban J connectivity index is 1.76. The number of fused-ring (bicyclic) bond motifs is 1. The lowest BCUT2D eigenvalue weighted by Gasteiger charge is -2.22. The van der Waals surface area contributed by atoms with Gasteiger partial charge in [-0.1, -0.05) is 12.1 Å². The molecule has 0 saturated carbocycles. The van der Waals surface area contributed by atoms with E-state index in [1.54, 1.807) is 24.3 Å². The summed E-state index contributed by atoms with van der Waals surface area (Å²) in [5, 5.41) is 2.59. The number of ether oxygens (including phenoxy) is 2. The first-order valence-electron chi connectivity index (χ1n) is 10.8. The Labute approximate surface area is 206 Å².